The maximum atomic E-state index is 13.7. The lowest BCUT2D eigenvalue weighted by Gasteiger charge is -2.32. The summed E-state index contributed by atoms with van der Waals surface area (Å²) in [5.74, 6) is 0.272. The largest absolute Gasteiger partial charge is 0.483 e. The first-order chi connectivity index (χ1) is 17.3. The lowest BCUT2D eigenvalue weighted by molar-refractivity contribution is -0.143. The smallest absolute Gasteiger partial charge is 0.261 e. The van der Waals surface area contributed by atoms with Gasteiger partial charge in [-0.25, -0.2) is 0 Å². The van der Waals surface area contributed by atoms with E-state index in [4.69, 9.17) is 4.74 Å². The van der Waals surface area contributed by atoms with E-state index in [1.807, 2.05) is 100 Å². The zero-order valence-corrected chi connectivity index (χ0v) is 23.0. The molecule has 0 aliphatic rings. The molecule has 1 N–H and O–H groups in total. The predicted octanol–water partition coefficient (Wildman–Crippen LogP) is 6.00. The number of hydrogen-bond donors (Lipinski definition) is 1. The molecule has 190 valence electrons. The average molecular weight is 552 g/mol. The van der Waals surface area contributed by atoms with E-state index in [1.54, 1.807) is 4.90 Å². The molecule has 0 unspecified atom stereocenters. The second-order valence-electron chi connectivity index (χ2n) is 9.16. The number of hydrogen-bond acceptors (Lipinski definition) is 3. The topological polar surface area (TPSA) is 58.6 Å². The third-order valence-electron chi connectivity index (χ3n) is 6.42. The standard InChI is InChI=1S/C30H35BrN2O3/c1-5-22(3)32-30(35)27(18-24-12-7-6-8-13-24)33(19-25-14-10-15-26(31)17-25)29(34)20-36-28-16-9-11-21(2)23(28)4/h6-17,22,27H,5,18-20H2,1-4H3,(H,32,35)/t22-,27+/m0/s1. The second kappa shape index (κ2) is 13.3. The molecule has 36 heavy (non-hydrogen) atoms. The summed E-state index contributed by atoms with van der Waals surface area (Å²) >= 11 is 3.52. The minimum Gasteiger partial charge on any atom is -0.483 e. The van der Waals surface area contributed by atoms with E-state index in [0.717, 1.165) is 33.1 Å². The first-order valence-electron chi connectivity index (χ1n) is 12.4. The summed E-state index contributed by atoms with van der Waals surface area (Å²) in [7, 11) is 0. The van der Waals surface area contributed by atoms with E-state index < -0.39 is 6.04 Å². The van der Waals surface area contributed by atoms with Gasteiger partial charge in [0.25, 0.3) is 5.91 Å². The molecule has 0 aliphatic carbocycles. The van der Waals surface area contributed by atoms with Crippen molar-refractivity contribution < 1.29 is 14.3 Å². The molecule has 0 aromatic heterocycles. The number of benzene rings is 3. The summed E-state index contributed by atoms with van der Waals surface area (Å²) in [5.41, 5.74) is 4.02. The SMILES string of the molecule is CC[C@H](C)NC(=O)[C@@H](Cc1ccccc1)N(Cc1cccc(Br)c1)C(=O)COc1cccc(C)c1C. The number of halogens is 1. The minimum atomic E-state index is -0.685. The second-order valence-corrected chi connectivity index (χ2v) is 10.1. The Morgan fingerprint density at radius 2 is 1.67 bits per heavy atom. The summed E-state index contributed by atoms with van der Waals surface area (Å²) in [4.78, 5) is 28.9. The number of ether oxygens (including phenoxy) is 1. The average Bonchev–Trinajstić information content (AvgIpc) is 2.87. The first kappa shape index (κ1) is 27.5. The molecule has 5 nitrogen and oxygen atoms in total. The van der Waals surface area contributed by atoms with Crippen LogP contribution in [0.3, 0.4) is 0 Å². The molecule has 0 heterocycles. The molecule has 0 bridgehead atoms. The lowest BCUT2D eigenvalue weighted by atomic mass is 10.0. The fourth-order valence-corrected chi connectivity index (χ4v) is 4.38. The fourth-order valence-electron chi connectivity index (χ4n) is 3.93. The Balaban J connectivity index is 1.93. The van der Waals surface area contributed by atoms with Crippen molar-refractivity contribution in [1.29, 1.82) is 0 Å². The highest BCUT2D eigenvalue weighted by Gasteiger charge is 2.31. The van der Waals surface area contributed by atoms with Crippen molar-refractivity contribution in [2.45, 2.75) is 59.2 Å². The van der Waals surface area contributed by atoms with Gasteiger partial charge in [0.15, 0.2) is 6.61 Å². The normalized spacial score (nSPS) is 12.5. The number of nitrogens with one attached hydrogen (secondary N) is 1. The van der Waals surface area contributed by atoms with Crippen LogP contribution < -0.4 is 10.1 Å². The summed E-state index contributed by atoms with van der Waals surface area (Å²) in [6.07, 6.45) is 1.21. The van der Waals surface area contributed by atoms with Gasteiger partial charge in [-0.3, -0.25) is 9.59 Å². The highest BCUT2D eigenvalue weighted by Crippen LogP contribution is 2.22. The molecule has 3 aromatic rings. The zero-order chi connectivity index (χ0) is 26.1. The maximum absolute atomic E-state index is 13.7. The Morgan fingerprint density at radius 3 is 2.36 bits per heavy atom. The predicted molar refractivity (Wildman–Crippen MR) is 148 cm³/mol. The molecule has 0 spiro atoms. The summed E-state index contributed by atoms with van der Waals surface area (Å²) in [6, 6.07) is 22.7. The summed E-state index contributed by atoms with van der Waals surface area (Å²) < 4.78 is 6.89. The maximum Gasteiger partial charge on any atom is 0.261 e. The van der Waals surface area contributed by atoms with E-state index in [9.17, 15) is 9.59 Å². The van der Waals surface area contributed by atoms with E-state index in [2.05, 4.69) is 21.2 Å². The lowest BCUT2D eigenvalue weighted by Crippen LogP contribution is -2.53. The number of carbonyl (C=O) groups excluding carboxylic acids is 2. The van der Waals surface area contributed by atoms with Crippen molar-refractivity contribution in [3.63, 3.8) is 0 Å². The van der Waals surface area contributed by atoms with Crippen LogP contribution in [-0.2, 0) is 22.6 Å². The molecule has 6 heteroatoms. The highest BCUT2D eigenvalue weighted by atomic mass is 79.9. The van der Waals surface area contributed by atoms with E-state index in [1.165, 1.54) is 0 Å². The van der Waals surface area contributed by atoms with Crippen LogP contribution in [0.2, 0.25) is 0 Å². The van der Waals surface area contributed by atoms with E-state index >= 15 is 0 Å². The first-order valence-corrected chi connectivity index (χ1v) is 13.1. The Bertz CT molecular complexity index is 1170. The Hall–Kier alpha value is -3.12. The third kappa shape index (κ3) is 7.69. The van der Waals surface area contributed by atoms with E-state index in [-0.39, 0.29) is 24.5 Å². The van der Waals surface area contributed by atoms with Gasteiger partial charge in [-0.1, -0.05) is 77.5 Å². The van der Waals surface area contributed by atoms with Gasteiger partial charge in [-0.15, -0.1) is 0 Å². The number of nitrogens with zero attached hydrogens (tertiary/aromatic N) is 1. The van der Waals surface area contributed by atoms with Gasteiger partial charge < -0.3 is 15.0 Å². The number of carbonyl (C=O) groups is 2. The van der Waals surface area contributed by atoms with Crippen molar-refractivity contribution in [1.82, 2.24) is 10.2 Å². The van der Waals surface area contributed by atoms with Gasteiger partial charge in [-0.2, -0.15) is 0 Å². The van der Waals surface area contributed by atoms with Gasteiger partial charge in [0, 0.05) is 23.5 Å². The Morgan fingerprint density at radius 1 is 0.972 bits per heavy atom. The van der Waals surface area contributed by atoms with Crippen molar-refractivity contribution in [2.24, 2.45) is 0 Å². The Labute approximate surface area is 223 Å². The van der Waals surface area contributed by atoms with Crippen LogP contribution in [0.15, 0.2) is 77.3 Å². The fraction of sp³-hybridized carbons (Fsp3) is 0.333. The van der Waals surface area contributed by atoms with Crippen molar-refractivity contribution in [3.05, 3.63) is 99.5 Å². The molecule has 2 amide bonds. The number of aryl methyl sites for hydroxylation is 1. The van der Waals surface area contributed by atoms with Gasteiger partial charge in [0.2, 0.25) is 5.91 Å². The van der Waals surface area contributed by atoms with Crippen LogP contribution in [0.5, 0.6) is 5.75 Å². The minimum absolute atomic E-state index is 0.00443. The van der Waals surface area contributed by atoms with Gasteiger partial charge >= 0.3 is 0 Å². The van der Waals surface area contributed by atoms with E-state index in [0.29, 0.717) is 18.7 Å². The van der Waals surface area contributed by atoms with Gasteiger partial charge in [0.1, 0.15) is 11.8 Å². The third-order valence-corrected chi connectivity index (χ3v) is 6.91. The molecule has 0 saturated carbocycles. The molecule has 0 saturated heterocycles. The Kier molecular flexibility index (Phi) is 10.1. The summed E-state index contributed by atoms with van der Waals surface area (Å²) in [6.45, 7) is 8.13. The quantitative estimate of drug-likeness (QED) is 0.318. The van der Waals surface area contributed by atoms with Crippen LogP contribution in [-0.4, -0.2) is 35.4 Å². The zero-order valence-electron chi connectivity index (χ0n) is 21.5. The van der Waals surface area contributed by atoms with Gasteiger partial charge in [0.05, 0.1) is 0 Å². The molecule has 0 aliphatic heterocycles. The van der Waals surface area contributed by atoms with Crippen molar-refractivity contribution in [3.8, 4) is 5.75 Å². The molecule has 0 radical (unpaired) electrons. The molecule has 2 atom stereocenters. The van der Waals surface area contributed by atoms with Crippen molar-refractivity contribution >= 4 is 27.7 Å². The van der Waals surface area contributed by atoms with Crippen LogP contribution in [0.4, 0.5) is 0 Å². The van der Waals surface area contributed by atoms with Gasteiger partial charge in [-0.05, 0) is 67.6 Å². The summed E-state index contributed by atoms with van der Waals surface area (Å²) in [5, 5.41) is 3.09. The van der Waals surface area contributed by atoms with Crippen LogP contribution >= 0.6 is 15.9 Å². The highest BCUT2D eigenvalue weighted by molar-refractivity contribution is 9.10. The van der Waals surface area contributed by atoms with Crippen molar-refractivity contribution in [2.75, 3.05) is 6.61 Å². The van der Waals surface area contributed by atoms with Crippen LogP contribution in [0.1, 0.15) is 42.5 Å². The molecule has 0 fully saturated rings. The molecular formula is C30H35BrN2O3. The van der Waals surface area contributed by atoms with Crippen LogP contribution in [0, 0.1) is 13.8 Å². The number of amides is 2. The molecule has 3 aromatic carbocycles. The monoisotopic (exact) mass is 550 g/mol. The number of rotatable bonds is 11. The molecular weight excluding hydrogens is 516 g/mol. The van der Waals surface area contributed by atoms with Crippen LogP contribution in [0.25, 0.3) is 0 Å². The molecule has 3 rings (SSSR count).